The van der Waals surface area contributed by atoms with Gasteiger partial charge in [-0.3, -0.25) is 0 Å². The number of rotatable bonds is 47. The molecule has 0 unspecified atom stereocenters. The molecule has 0 aliphatic carbocycles. The quantitative estimate of drug-likeness (QED) is 0.0349. The largest absolute Gasteiger partial charge is 0.744 e. The van der Waals surface area contributed by atoms with Crippen molar-refractivity contribution in [3.8, 4) is 0 Å². The summed E-state index contributed by atoms with van der Waals surface area (Å²) in [6.45, 7) is 6.84. The molecule has 0 atom stereocenters. The minimum Gasteiger partial charge on any atom is -0.744 e. The molecule has 338 valence electrons. The van der Waals surface area contributed by atoms with Crippen molar-refractivity contribution in [2.24, 2.45) is 0 Å². The Morgan fingerprint density at radius 2 is 0.491 bits per heavy atom. The van der Waals surface area contributed by atoms with E-state index in [1.54, 1.807) is 0 Å². The van der Waals surface area contributed by atoms with E-state index in [9.17, 15) is 13.0 Å². The minimum atomic E-state index is -4.43. The summed E-state index contributed by atoms with van der Waals surface area (Å²) in [4.78, 5) is 0. The first-order chi connectivity index (χ1) is 27.9. The van der Waals surface area contributed by atoms with E-state index in [1.165, 1.54) is 231 Å². The third-order valence-electron chi connectivity index (χ3n) is 12.0. The summed E-state index contributed by atoms with van der Waals surface area (Å²) in [5, 5.41) is 0. The van der Waals surface area contributed by atoms with E-state index in [2.05, 4.69) is 39.0 Å². The van der Waals surface area contributed by atoms with Gasteiger partial charge in [0.25, 0.3) is 0 Å². The molecule has 0 saturated heterocycles. The van der Waals surface area contributed by atoms with Gasteiger partial charge in [-0.1, -0.05) is 252 Å². The number of hydrogen-bond acceptors (Lipinski definition) is 3. The summed E-state index contributed by atoms with van der Waals surface area (Å²) in [6, 6.07) is 0. The molecular formula is C52H101NO3S. The smallest absolute Gasteiger partial charge is 0.181 e. The minimum absolute atomic E-state index is 0.0127. The van der Waals surface area contributed by atoms with E-state index < -0.39 is 16.0 Å². The molecule has 0 bridgehead atoms. The molecule has 0 N–H and O–H groups in total. The van der Waals surface area contributed by atoms with Crippen LogP contribution < -0.4 is 0 Å². The van der Waals surface area contributed by atoms with Crippen molar-refractivity contribution in [3.05, 3.63) is 36.8 Å². The maximum Gasteiger partial charge on any atom is 0.181 e. The lowest BCUT2D eigenvalue weighted by atomic mass is 10.0. The molecule has 0 aliphatic heterocycles. The molecule has 0 spiro atoms. The fourth-order valence-corrected chi connectivity index (χ4v) is 9.01. The van der Waals surface area contributed by atoms with Gasteiger partial charge in [0.05, 0.1) is 0 Å². The van der Waals surface area contributed by atoms with Crippen LogP contribution in [-0.2, 0) is 10.1 Å². The highest BCUT2D eigenvalue weighted by molar-refractivity contribution is 7.85. The highest BCUT2D eigenvalue weighted by Gasteiger charge is 2.22. The zero-order valence-corrected chi connectivity index (χ0v) is 39.8. The summed E-state index contributed by atoms with van der Waals surface area (Å²) < 4.78 is 36.8. The van der Waals surface area contributed by atoms with Crippen molar-refractivity contribution >= 4 is 10.1 Å². The summed E-state index contributed by atoms with van der Waals surface area (Å²) in [5.74, 6) is -0.452. The van der Waals surface area contributed by atoms with Gasteiger partial charge in [-0.25, -0.2) is 12.9 Å². The summed E-state index contributed by atoms with van der Waals surface area (Å²) in [5.41, 5.74) is 0. The summed E-state index contributed by atoms with van der Waals surface area (Å²) in [6.07, 6.45) is 67.2. The van der Waals surface area contributed by atoms with Crippen LogP contribution in [0.5, 0.6) is 0 Å². The Kier molecular flexibility index (Phi) is 43.9. The Morgan fingerprint density at radius 1 is 0.316 bits per heavy atom. The molecule has 0 rings (SSSR count). The Balaban J connectivity index is 4.80. The first-order valence-electron chi connectivity index (χ1n) is 25.7. The lowest BCUT2D eigenvalue weighted by Crippen LogP contribution is -2.36. The molecule has 0 aromatic rings. The van der Waals surface area contributed by atoms with Crippen molar-refractivity contribution < 1.29 is 17.5 Å². The van der Waals surface area contributed by atoms with Gasteiger partial charge >= 0.3 is 0 Å². The van der Waals surface area contributed by atoms with Crippen molar-refractivity contribution in [1.29, 1.82) is 0 Å². The van der Waals surface area contributed by atoms with Crippen molar-refractivity contribution in [1.82, 2.24) is 0 Å². The van der Waals surface area contributed by atoms with E-state index in [0.717, 1.165) is 38.5 Å². The van der Waals surface area contributed by atoms with E-state index in [4.69, 9.17) is 0 Å². The molecule has 0 aromatic heterocycles. The lowest BCUT2D eigenvalue weighted by Gasteiger charge is -2.28. The first-order valence-corrected chi connectivity index (χ1v) is 27.3. The van der Waals surface area contributed by atoms with Gasteiger partial charge in [0.15, 0.2) is 5.88 Å². The molecule has 0 aliphatic rings. The Hall–Kier alpha value is -0.910. The monoisotopic (exact) mass is 820 g/mol. The van der Waals surface area contributed by atoms with E-state index >= 15 is 0 Å². The van der Waals surface area contributed by atoms with Crippen LogP contribution in [0.4, 0.5) is 0 Å². The second-order valence-corrected chi connectivity index (χ2v) is 19.3. The van der Waals surface area contributed by atoms with Gasteiger partial charge in [-0.05, 0) is 56.8 Å². The predicted molar refractivity (Wildman–Crippen MR) is 253 cm³/mol. The SMILES string of the molecule is CCCCCCCCCCCCCCC/C=C/[N+](/C=C/CCCCCCCCCCCCCCC)(/C=C/CCCCCCCCCCCCCCC)CS(=O)(=O)[O-]. The maximum absolute atomic E-state index is 12.3. The predicted octanol–water partition coefficient (Wildman–Crippen LogP) is 18.3. The number of nitrogens with zero attached hydrogens (tertiary/aromatic N) is 1. The Bertz CT molecular complexity index is 889. The standard InChI is InChI=1S/C52H101NO3S/c1-4-7-10-13-16-19-22-25-28-31-34-37-40-43-46-49-53(52-57(54,55)56,50-47-44-41-38-35-32-29-26-23-20-17-14-11-8-5-2)51-48-45-42-39-36-33-30-27-24-21-18-15-12-9-6-3/h46-51H,4-45,52H2,1-3H3/b49-46+,50-47+,51-48+. The molecule has 4 nitrogen and oxygen atoms in total. The maximum atomic E-state index is 12.3. The zero-order valence-electron chi connectivity index (χ0n) is 38.9. The second kappa shape index (κ2) is 44.6. The van der Waals surface area contributed by atoms with E-state index in [1.807, 2.05) is 18.6 Å². The number of hydrogen-bond donors (Lipinski definition) is 0. The van der Waals surface area contributed by atoms with E-state index in [0.29, 0.717) is 0 Å². The average molecular weight is 820 g/mol. The van der Waals surface area contributed by atoms with Gasteiger partial charge in [0, 0.05) is 0 Å². The molecule has 0 fully saturated rings. The summed E-state index contributed by atoms with van der Waals surface area (Å²) in [7, 11) is -4.43. The molecule has 0 radical (unpaired) electrons. The van der Waals surface area contributed by atoms with Crippen molar-refractivity contribution in [2.75, 3.05) is 5.88 Å². The molecule has 0 saturated carbocycles. The molecule has 0 amide bonds. The Morgan fingerprint density at radius 3 is 0.667 bits per heavy atom. The normalized spacial score (nSPS) is 12.7. The second-order valence-electron chi connectivity index (χ2n) is 17.9. The van der Waals surface area contributed by atoms with Gasteiger partial charge in [-0.2, -0.15) is 0 Å². The van der Waals surface area contributed by atoms with E-state index in [-0.39, 0.29) is 4.48 Å². The van der Waals surface area contributed by atoms with Crippen LogP contribution in [0.15, 0.2) is 36.8 Å². The fourth-order valence-electron chi connectivity index (χ4n) is 8.20. The van der Waals surface area contributed by atoms with Crippen LogP contribution in [0.2, 0.25) is 0 Å². The van der Waals surface area contributed by atoms with Crippen LogP contribution in [0.1, 0.15) is 290 Å². The highest BCUT2D eigenvalue weighted by Crippen LogP contribution is 2.20. The number of quaternary nitrogens is 1. The topological polar surface area (TPSA) is 57.2 Å². The Labute approximate surface area is 359 Å². The van der Waals surface area contributed by atoms with Crippen LogP contribution in [0.3, 0.4) is 0 Å². The zero-order chi connectivity index (χ0) is 41.6. The van der Waals surface area contributed by atoms with Gasteiger partial charge in [-0.15, -0.1) is 0 Å². The first kappa shape index (κ1) is 56.1. The lowest BCUT2D eigenvalue weighted by molar-refractivity contribution is -0.760. The summed E-state index contributed by atoms with van der Waals surface area (Å²) >= 11 is 0. The van der Waals surface area contributed by atoms with Crippen LogP contribution in [-0.4, -0.2) is 23.3 Å². The molecule has 0 heterocycles. The van der Waals surface area contributed by atoms with Gasteiger partial charge in [0.1, 0.15) is 28.7 Å². The van der Waals surface area contributed by atoms with Crippen LogP contribution in [0, 0.1) is 0 Å². The number of allylic oxidation sites excluding steroid dienone is 3. The van der Waals surface area contributed by atoms with Gasteiger partial charge in [0.2, 0.25) is 0 Å². The van der Waals surface area contributed by atoms with Crippen molar-refractivity contribution in [3.63, 3.8) is 0 Å². The molecular weight excluding hydrogens is 719 g/mol. The van der Waals surface area contributed by atoms with Crippen LogP contribution >= 0.6 is 0 Å². The third-order valence-corrected chi connectivity index (χ3v) is 12.7. The fraction of sp³-hybridized carbons (Fsp3) is 0.885. The molecule has 5 heteroatoms. The molecule has 0 aromatic carbocycles. The third kappa shape index (κ3) is 44.5. The van der Waals surface area contributed by atoms with Crippen LogP contribution in [0.25, 0.3) is 0 Å². The average Bonchev–Trinajstić information content (AvgIpc) is 3.18. The highest BCUT2D eigenvalue weighted by atomic mass is 32.2. The number of unbranched alkanes of at least 4 members (excludes halogenated alkanes) is 39. The van der Waals surface area contributed by atoms with Gasteiger partial charge < -0.3 is 4.55 Å². The van der Waals surface area contributed by atoms with Crippen molar-refractivity contribution in [2.45, 2.75) is 290 Å². The molecule has 57 heavy (non-hydrogen) atoms.